The van der Waals surface area contributed by atoms with Gasteiger partial charge in [-0.2, -0.15) is 0 Å². The Morgan fingerprint density at radius 3 is 2.43 bits per heavy atom. The van der Waals surface area contributed by atoms with Gasteiger partial charge in [0.15, 0.2) is 0 Å². The van der Waals surface area contributed by atoms with Crippen LogP contribution in [0.15, 0.2) is 36.4 Å². The lowest BCUT2D eigenvalue weighted by Gasteiger charge is -2.20. The van der Waals surface area contributed by atoms with Gasteiger partial charge in [0.1, 0.15) is 5.82 Å². The first-order chi connectivity index (χ1) is 10.1. The van der Waals surface area contributed by atoms with Crippen LogP contribution in [0.25, 0.3) is 0 Å². The van der Waals surface area contributed by atoms with Crippen LogP contribution < -0.4 is 10.2 Å². The Morgan fingerprint density at radius 1 is 1.10 bits per heavy atom. The molecule has 0 saturated carbocycles. The van der Waals surface area contributed by atoms with E-state index in [-0.39, 0.29) is 0 Å². The van der Waals surface area contributed by atoms with Crippen molar-refractivity contribution in [3.8, 4) is 0 Å². The molecule has 0 fully saturated rings. The molecule has 3 nitrogen and oxygen atoms in total. The first kappa shape index (κ1) is 15.5. The number of aryl methyl sites for hydroxylation is 2. The summed E-state index contributed by atoms with van der Waals surface area (Å²) in [5, 5.41) is 3.21. The highest BCUT2D eigenvalue weighted by Gasteiger charge is 2.07. The summed E-state index contributed by atoms with van der Waals surface area (Å²) >= 11 is 0. The summed E-state index contributed by atoms with van der Waals surface area (Å²) in [5.74, 6) is 1.04. The maximum atomic E-state index is 4.75. The zero-order valence-electron chi connectivity index (χ0n) is 13.5. The average molecular weight is 283 g/mol. The van der Waals surface area contributed by atoms with E-state index in [1.165, 1.54) is 16.7 Å². The van der Waals surface area contributed by atoms with Gasteiger partial charge in [-0.25, -0.2) is 4.98 Å². The number of nitrogens with zero attached hydrogens (tertiary/aromatic N) is 2. The van der Waals surface area contributed by atoms with E-state index in [9.17, 15) is 0 Å². The minimum atomic E-state index is 0.874. The molecule has 0 aliphatic rings. The molecule has 1 aromatic carbocycles. The zero-order valence-corrected chi connectivity index (χ0v) is 13.5. The van der Waals surface area contributed by atoms with Gasteiger partial charge in [0.2, 0.25) is 0 Å². The van der Waals surface area contributed by atoms with Gasteiger partial charge < -0.3 is 10.2 Å². The fourth-order valence-corrected chi connectivity index (χ4v) is 2.36. The SMILES string of the molecule is CCc1cc(CNC)cc(N(C)Cc2ccc(C)cc2)n1. The number of hydrogen-bond donors (Lipinski definition) is 1. The van der Waals surface area contributed by atoms with Crippen molar-refractivity contribution >= 4 is 5.82 Å². The Hall–Kier alpha value is -1.87. The third-order valence-corrected chi connectivity index (χ3v) is 3.60. The lowest BCUT2D eigenvalue weighted by Crippen LogP contribution is -2.19. The molecule has 112 valence electrons. The third-order valence-electron chi connectivity index (χ3n) is 3.60. The Kier molecular flexibility index (Phi) is 5.34. The van der Waals surface area contributed by atoms with Gasteiger partial charge in [-0.1, -0.05) is 36.8 Å². The van der Waals surface area contributed by atoms with Crippen molar-refractivity contribution in [3.05, 3.63) is 58.8 Å². The molecule has 0 aliphatic heterocycles. The monoisotopic (exact) mass is 283 g/mol. The quantitative estimate of drug-likeness (QED) is 0.881. The molecule has 3 heteroatoms. The molecule has 2 aromatic rings. The Labute approximate surface area is 128 Å². The van der Waals surface area contributed by atoms with Gasteiger partial charge >= 0.3 is 0 Å². The van der Waals surface area contributed by atoms with Crippen LogP contribution in [0.5, 0.6) is 0 Å². The molecule has 0 spiro atoms. The molecule has 0 saturated heterocycles. The van der Waals surface area contributed by atoms with Crippen molar-refractivity contribution in [2.45, 2.75) is 33.4 Å². The first-order valence-electron chi connectivity index (χ1n) is 7.53. The Morgan fingerprint density at radius 2 is 1.81 bits per heavy atom. The molecule has 0 atom stereocenters. The summed E-state index contributed by atoms with van der Waals surface area (Å²) < 4.78 is 0. The number of benzene rings is 1. The molecule has 1 aromatic heterocycles. The topological polar surface area (TPSA) is 28.2 Å². The fraction of sp³-hybridized carbons (Fsp3) is 0.389. The van der Waals surface area contributed by atoms with Gasteiger partial charge in [-0.3, -0.25) is 0 Å². The van der Waals surface area contributed by atoms with Crippen molar-refractivity contribution < 1.29 is 0 Å². The molecule has 1 heterocycles. The van der Waals surface area contributed by atoms with E-state index in [2.05, 4.69) is 67.5 Å². The average Bonchev–Trinajstić information content (AvgIpc) is 2.49. The summed E-state index contributed by atoms with van der Waals surface area (Å²) in [4.78, 5) is 6.96. The highest BCUT2D eigenvalue weighted by molar-refractivity contribution is 5.43. The summed E-state index contributed by atoms with van der Waals surface area (Å²) in [6, 6.07) is 13.0. The van der Waals surface area contributed by atoms with Crippen LogP contribution in [0, 0.1) is 6.92 Å². The van der Waals surface area contributed by atoms with Crippen molar-refractivity contribution in [3.63, 3.8) is 0 Å². The number of aromatic nitrogens is 1. The highest BCUT2D eigenvalue weighted by atomic mass is 15.2. The number of hydrogen-bond acceptors (Lipinski definition) is 3. The van der Waals surface area contributed by atoms with Gasteiger partial charge in [0.25, 0.3) is 0 Å². The second-order valence-corrected chi connectivity index (χ2v) is 5.55. The Bertz CT molecular complexity index is 576. The van der Waals surface area contributed by atoms with Crippen LogP contribution in [0.2, 0.25) is 0 Å². The van der Waals surface area contributed by atoms with Crippen molar-refractivity contribution in [1.29, 1.82) is 0 Å². The van der Waals surface area contributed by atoms with Gasteiger partial charge in [-0.15, -0.1) is 0 Å². The van der Waals surface area contributed by atoms with Gasteiger partial charge in [-0.05, 0) is 43.7 Å². The summed E-state index contributed by atoms with van der Waals surface area (Å²) in [6.45, 7) is 6.01. The summed E-state index contributed by atoms with van der Waals surface area (Å²) in [7, 11) is 4.08. The van der Waals surface area contributed by atoms with E-state index in [4.69, 9.17) is 4.98 Å². The van der Waals surface area contributed by atoms with Crippen LogP contribution >= 0.6 is 0 Å². The van der Waals surface area contributed by atoms with Crippen LogP contribution in [0.3, 0.4) is 0 Å². The molecule has 0 radical (unpaired) electrons. The molecule has 0 bridgehead atoms. The molecular formula is C18H25N3. The maximum Gasteiger partial charge on any atom is 0.129 e. The maximum absolute atomic E-state index is 4.75. The Balaban J connectivity index is 2.19. The van der Waals surface area contributed by atoms with E-state index in [1.54, 1.807) is 0 Å². The smallest absolute Gasteiger partial charge is 0.129 e. The molecular weight excluding hydrogens is 258 g/mol. The number of pyridine rings is 1. The van der Waals surface area contributed by atoms with Crippen molar-refractivity contribution in [2.24, 2.45) is 0 Å². The minimum Gasteiger partial charge on any atom is -0.355 e. The van der Waals surface area contributed by atoms with E-state index in [0.29, 0.717) is 0 Å². The van der Waals surface area contributed by atoms with E-state index >= 15 is 0 Å². The van der Waals surface area contributed by atoms with Crippen LogP contribution in [-0.4, -0.2) is 19.1 Å². The largest absolute Gasteiger partial charge is 0.355 e. The van der Waals surface area contributed by atoms with Gasteiger partial charge in [0, 0.05) is 25.8 Å². The molecule has 0 unspecified atom stereocenters. The first-order valence-corrected chi connectivity index (χ1v) is 7.53. The van der Waals surface area contributed by atoms with E-state index in [0.717, 1.165) is 31.0 Å². The summed E-state index contributed by atoms with van der Waals surface area (Å²) in [5.41, 5.74) is 5.04. The lowest BCUT2D eigenvalue weighted by atomic mass is 10.1. The van der Waals surface area contributed by atoms with Crippen LogP contribution in [0.1, 0.15) is 29.3 Å². The lowest BCUT2D eigenvalue weighted by molar-refractivity contribution is 0.805. The standard InChI is InChI=1S/C18H25N3/c1-5-17-10-16(12-19-3)11-18(20-17)21(4)13-15-8-6-14(2)7-9-15/h6-11,19H,5,12-13H2,1-4H3. The molecule has 0 amide bonds. The normalized spacial score (nSPS) is 10.7. The second-order valence-electron chi connectivity index (χ2n) is 5.55. The van der Waals surface area contributed by atoms with Crippen LogP contribution in [0.4, 0.5) is 5.82 Å². The highest BCUT2D eigenvalue weighted by Crippen LogP contribution is 2.17. The fourth-order valence-electron chi connectivity index (χ4n) is 2.36. The van der Waals surface area contributed by atoms with Crippen molar-refractivity contribution in [2.75, 3.05) is 19.0 Å². The predicted octanol–water partition coefficient (Wildman–Crippen LogP) is 3.31. The second kappa shape index (κ2) is 7.23. The van der Waals surface area contributed by atoms with Gasteiger partial charge in [0.05, 0.1) is 0 Å². The van der Waals surface area contributed by atoms with Crippen molar-refractivity contribution in [1.82, 2.24) is 10.3 Å². The number of anilines is 1. The van der Waals surface area contributed by atoms with Crippen LogP contribution in [-0.2, 0) is 19.5 Å². The third kappa shape index (κ3) is 4.30. The molecule has 2 rings (SSSR count). The minimum absolute atomic E-state index is 0.874. The number of nitrogens with one attached hydrogen (secondary N) is 1. The number of rotatable bonds is 6. The molecule has 0 aliphatic carbocycles. The molecule has 1 N–H and O–H groups in total. The van der Waals surface area contributed by atoms with E-state index in [1.807, 2.05) is 7.05 Å². The molecule has 21 heavy (non-hydrogen) atoms. The summed E-state index contributed by atoms with van der Waals surface area (Å²) in [6.07, 6.45) is 0.961. The predicted molar refractivity (Wildman–Crippen MR) is 89.7 cm³/mol. The zero-order chi connectivity index (χ0) is 15.2. The van der Waals surface area contributed by atoms with E-state index < -0.39 is 0 Å².